The van der Waals surface area contributed by atoms with E-state index in [-0.39, 0.29) is 29.8 Å². The van der Waals surface area contributed by atoms with Gasteiger partial charge in [-0.25, -0.2) is 8.42 Å². The predicted octanol–water partition coefficient (Wildman–Crippen LogP) is 3.03. The molecule has 0 aromatic heterocycles. The van der Waals surface area contributed by atoms with E-state index in [1.807, 2.05) is 12.1 Å². The molecule has 3 rings (SSSR count). The number of sulfonamides is 1. The minimum absolute atomic E-state index is 0.0807. The van der Waals surface area contributed by atoms with Crippen molar-refractivity contribution in [2.45, 2.75) is 30.6 Å². The minimum atomic E-state index is -3.81. The molecule has 180 valence electrons. The number of nitrogens with zero attached hydrogens (tertiary/aromatic N) is 1. The van der Waals surface area contributed by atoms with Gasteiger partial charge in [-0.15, -0.1) is 0 Å². The van der Waals surface area contributed by atoms with Crippen LogP contribution < -0.4 is 19.5 Å². The van der Waals surface area contributed by atoms with Crippen molar-refractivity contribution in [1.82, 2.24) is 9.62 Å². The molecule has 1 aliphatic rings. The SMILES string of the molecule is CCCCNC(=O)[C@@H]1CN(S(=O)(=O)c2ccc(OC)cc2)C[C@@H]1c1cccc(OC)c1OC. The van der Waals surface area contributed by atoms with Crippen LogP contribution >= 0.6 is 0 Å². The molecular weight excluding hydrogens is 444 g/mol. The summed E-state index contributed by atoms with van der Waals surface area (Å²) in [6.45, 7) is 2.84. The first-order valence-electron chi connectivity index (χ1n) is 11.0. The predicted molar refractivity (Wildman–Crippen MR) is 125 cm³/mol. The first-order chi connectivity index (χ1) is 15.9. The molecule has 1 fully saturated rings. The maximum atomic E-state index is 13.4. The molecule has 0 spiro atoms. The van der Waals surface area contributed by atoms with E-state index in [0.29, 0.717) is 23.8 Å². The van der Waals surface area contributed by atoms with E-state index in [2.05, 4.69) is 12.2 Å². The molecule has 2 atom stereocenters. The van der Waals surface area contributed by atoms with Gasteiger partial charge < -0.3 is 19.5 Å². The smallest absolute Gasteiger partial charge is 0.243 e. The maximum absolute atomic E-state index is 13.4. The van der Waals surface area contributed by atoms with Crippen molar-refractivity contribution in [3.8, 4) is 17.2 Å². The van der Waals surface area contributed by atoms with E-state index in [1.54, 1.807) is 32.4 Å². The Hall–Kier alpha value is -2.78. The Balaban J connectivity index is 1.97. The maximum Gasteiger partial charge on any atom is 0.243 e. The molecule has 9 heteroatoms. The average molecular weight is 477 g/mol. The summed E-state index contributed by atoms with van der Waals surface area (Å²) < 4.78 is 44.4. The van der Waals surface area contributed by atoms with Crippen LogP contribution in [-0.2, 0) is 14.8 Å². The van der Waals surface area contributed by atoms with E-state index < -0.39 is 15.9 Å². The Morgan fingerprint density at radius 2 is 1.76 bits per heavy atom. The third kappa shape index (κ3) is 5.25. The van der Waals surface area contributed by atoms with Gasteiger partial charge in [0.25, 0.3) is 0 Å². The zero-order valence-electron chi connectivity index (χ0n) is 19.5. The van der Waals surface area contributed by atoms with E-state index in [9.17, 15) is 13.2 Å². The standard InChI is InChI=1S/C24H32N2O6S/c1-5-6-14-25-24(27)21-16-26(33(28,29)18-12-10-17(30-2)11-13-18)15-20(21)19-8-7-9-22(31-3)23(19)32-4/h7-13,20-21H,5-6,14-16H2,1-4H3,(H,25,27)/t20-,21-/m1/s1. The monoisotopic (exact) mass is 476 g/mol. The van der Waals surface area contributed by atoms with Gasteiger partial charge >= 0.3 is 0 Å². The van der Waals surface area contributed by atoms with Gasteiger partial charge in [0, 0.05) is 31.1 Å². The molecule has 8 nitrogen and oxygen atoms in total. The van der Waals surface area contributed by atoms with Crippen molar-refractivity contribution in [1.29, 1.82) is 0 Å². The topological polar surface area (TPSA) is 94.2 Å². The lowest BCUT2D eigenvalue weighted by molar-refractivity contribution is -0.124. The quantitative estimate of drug-likeness (QED) is 0.530. The second-order valence-electron chi connectivity index (χ2n) is 7.94. The van der Waals surface area contributed by atoms with Gasteiger partial charge in [-0.2, -0.15) is 4.31 Å². The number of hydrogen-bond acceptors (Lipinski definition) is 6. The lowest BCUT2D eigenvalue weighted by Gasteiger charge is -2.21. The fourth-order valence-corrected chi connectivity index (χ4v) is 5.66. The van der Waals surface area contributed by atoms with E-state index in [4.69, 9.17) is 14.2 Å². The molecule has 1 saturated heterocycles. The van der Waals surface area contributed by atoms with Crippen molar-refractivity contribution in [3.05, 3.63) is 48.0 Å². The highest BCUT2D eigenvalue weighted by Crippen LogP contribution is 2.43. The van der Waals surface area contributed by atoms with Gasteiger partial charge in [-0.05, 0) is 36.8 Å². The molecule has 2 aromatic carbocycles. The molecule has 1 aliphatic heterocycles. The van der Waals surface area contributed by atoms with Crippen LogP contribution in [0.15, 0.2) is 47.4 Å². The molecule has 1 amide bonds. The molecule has 0 radical (unpaired) electrons. The number of methoxy groups -OCH3 is 3. The van der Waals surface area contributed by atoms with Crippen LogP contribution in [0.2, 0.25) is 0 Å². The van der Waals surface area contributed by atoms with Crippen molar-refractivity contribution < 1.29 is 27.4 Å². The highest BCUT2D eigenvalue weighted by atomic mass is 32.2. The van der Waals surface area contributed by atoms with E-state index >= 15 is 0 Å². The lowest BCUT2D eigenvalue weighted by atomic mass is 9.87. The number of benzene rings is 2. The Morgan fingerprint density at radius 3 is 2.36 bits per heavy atom. The van der Waals surface area contributed by atoms with Crippen LogP contribution in [0.1, 0.15) is 31.2 Å². The third-order valence-electron chi connectivity index (χ3n) is 5.98. The minimum Gasteiger partial charge on any atom is -0.497 e. The summed E-state index contributed by atoms with van der Waals surface area (Å²) in [6.07, 6.45) is 1.82. The normalized spacial score (nSPS) is 18.7. The number of rotatable bonds is 10. The van der Waals surface area contributed by atoms with Crippen molar-refractivity contribution in [2.75, 3.05) is 41.0 Å². The number of carbonyl (C=O) groups excluding carboxylic acids is 1. The Morgan fingerprint density at radius 1 is 1.03 bits per heavy atom. The number of unbranched alkanes of at least 4 members (excludes halogenated alkanes) is 1. The first-order valence-corrected chi connectivity index (χ1v) is 12.4. The summed E-state index contributed by atoms with van der Waals surface area (Å²) in [5.41, 5.74) is 0.750. The molecule has 0 unspecified atom stereocenters. The summed E-state index contributed by atoms with van der Waals surface area (Å²) in [5.74, 6) is 0.519. The largest absolute Gasteiger partial charge is 0.497 e. The summed E-state index contributed by atoms with van der Waals surface area (Å²) in [5, 5.41) is 2.97. The number of ether oxygens (including phenoxy) is 3. The summed E-state index contributed by atoms with van der Waals surface area (Å²) >= 11 is 0. The van der Waals surface area contributed by atoms with Gasteiger partial charge in [0.15, 0.2) is 11.5 Å². The van der Waals surface area contributed by atoms with Crippen LogP contribution in [0, 0.1) is 5.92 Å². The fourth-order valence-electron chi connectivity index (χ4n) is 4.16. The molecule has 0 bridgehead atoms. The van der Waals surface area contributed by atoms with Gasteiger partial charge in [0.2, 0.25) is 15.9 Å². The fraction of sp³-hybridized carbons (Fsp3) is 0.458. The number of hydrogen-bond donors (Lipinski definition) is 1. The van der Waals surface area contributed by atoms with Gasteiger partial charge in [-0.3, -0.25) is 4.79 Å². The molecule has 33 heavy (non-hydrogen) atoms. The van der Waals surface area contributed by atoms with Gasteiger partial charge in [0.05, 0.1) is 32.1 Å². The molecule has 1 heterocycles. The van der Waals surface area contributed by atoms with Crippen molar-refractivity contribution >= 4 is 15.9 Å². The second-order valence-corrected chi connectivity index (χ2v) is 9.88. The van der Waals surface area contributed by atoms with Crippen molar-refractivity contribution in [2.24, 2.45) is 5.92 Å². The Kier molecular flexibility index (Phi) is 8.20. The Labute approximate surface area is 195 Å². The zero-order valence-corrected chi connectivity index (χ0v) is 20.4. The molecule has 2 aromatic rings. The van der Waals surface area contributed by atoms with Gasteiger partial charge in [0.1, 0.15) is 5.75 Å². The number of amides is 1. The molecule has 1 N–H and O–H groups in total. The Bertz CT molecular complexity index is 1060. The highest BCUT2D eigenvalue weighted by molar-refractivity contribution is 7.89. The summed E-state index contributed by atoms with van der Waals surface area (Å²) in [4.78, 5) is 13.3. The zero-order chi connectivity index (χ0) is 24.0. The van der Waals surface area contributed by atoms with Gasteiger partial charge in [-0.1, -0.05) is 25.5 Å². The first kappa shape index (κ1) is 24.9. The number of para-hydroxylation sites is 1. The average Bonchev–Trinajstić information content (AvgIpc) is 3.30. The van der Waals surface area contributed by atoms with Crippen LogP contribution in [0.4, 0.5) is 0 Å². The highest BCUT2D eigenvalue weighted by Gasteiger charge is 2.44. The van der Waals surface area contributed by atoms with Crippen LogP contribution in [0.3, 0.4) is 0 Å². The summed E-state index contributed by atoms with van der Waals surface area (Å²) in [7, 11) is 0.807. The van der Waals surface area contributed by atoms with Crippen LogP contribution in [-0.4, -0.2) is 59.6 Å². The third-order valence-corrected chi connectivity index (χ3v) is 7.83. The molecule has 0 saturated carbocycles. The molecular formula is C24H32N2O6S. The van der Waals surface area contributed by atoms with Crippen LogP contribution in [0.25, 0.3) is 0 Å². The molecule has 0 aliphatic carbocycles. The van der Waals surface area contributed by atoms with Crippen LogP contribution in [0.5, 0.6) is 17.2 Å². The number of carbonyl (C=O) groups is 1. The lowest BCUT2D eigenvalue weighted by Crippen LogP contribution is -2.36. The van der Waals surface area contributed by atoms with E-state index in [0.717, 1.165) is 18.4 Å². The second kappa shape index (κ2) is 10.9. The number of nitrogens with one attached hydrogen (secondary N) is 1. The van der Waals surface area contributed by atoms with Crippen molar-refractivity contribution in [3.63, 3.8) is 0 Å². The van der Waals surface area contributed by atoms with E-state index in [1.165, 1.54) is 23.5 Å². The summed E-state index contributed by atoms with van der Waals surface area (Å²) in [6, 6.07) is 11.7.